The van der Waals surface area contributed by atoms with Crippen molar-refractivity contribution >= 4 is 17.9 Å². The zero-order valence-electron chi connectivity index (χ0n) is 46.3. The number of unbranched alkanes of at least 4 members (excludes halogenated alkanes) is 39. The Bertz CT molecular complexity index is 1160. The summed E-state index contributed by atoms with van der Waals surface area (Å²) in [6.07, 6.45) is 70.0. The highest BCUT2D eigenvalue weighted by molar-refractivity contribution is 5.71. The van der Waals surface area contributed by atoms with Gasteiger partial charge in [0.05, 0.1) is 0 Å². The second-order valence-corrected chi connectivity index (χ2v) is 20.6. The Morgan fingerprint density at radius 2 is 0.565 bits per heavy atom. The number of ether oxygens (including phenoxy) is 3. The first-order valence-corrected chi connectivity index (χ1v) is 30.5. The second-order valence-electron chi connectivity index (χ2n) is 20.6. The lowest BCUT2D eigenvalue weighted by Gasteiger charge is -2.18. The quantitative estimate of drug-likeness (QED) is 0.0261. The van der Waals surface area contributed by atoms with Crippen molar-refractivity contribution in [1.29, 1.82) is 0 Å². The SMILES string of the molecule is CC/C=C\C/C=C\C/C=C\CCCCCCCCC(=O)OC(COC(=O)CCCCCCCCCCCCCCCCCC)COC(=O)CCCCCCCCCCCCCCCCCCCCC. The molecule has 0 rings (SSSR count). The number of carbonyl (C=O) groups is 3. The van der Waals surface area contributed by atoms with Crippen LogP contribution in [0, 0.1) is 0 Å². The Labute approximate surface area is 429 Å². The van der Waals surface area contributed by atoms with Gasteiger partial charge in [0.1, 0.15) is 13.2 Å². The molecule has 0 heterocycles. The van der Waals surface area contributed by atoms with Gasteiger partial charge in [-0.3, -0.25) is 14.4 Å². The van der Waals surface area contributed by atoms with Gasteiger partial charge in [-0.15, -0.1) is 0 Å². The number of hydrogen-bond acceptors (Lipinski definition) is 6. The predicted octanol–water partition coefficient (Wildman–Crippen LogP) is 20.4. The molecule has 0 aliphatic rings. The molecule has 0 aromatic carbocycles. The minimum atomic E-state index is -0.775. The van der Waals surface area contributed by atoms with Gasteiger partial charge in [0.15, 0.2) is 6.10 Å². The van der Waals surface area contributed by atoms with Gasteiger partial charge >= 0.3 is 17.9 Å². The van der Waals surface area contributed by atoms with Crippen LogP contribution in [0.1, 0.15) is 329 Å². The van der Waals surface area contributed by atoms with Crippen molar-refractivity contribution in [2.45, 2.75) is 335 Å². The fourth-order valence-electron chi connectivity index (χ4n) is 9.11. The lowest BCUT2D eigenvalue weighted by molar-refractivity contribution is -0.167. The lowest BCUT2D eigenvalue weighted by Crippen LogP contribution is -2.30. The van der Waals surface area contributed by atoms with Gasteiger partial charge in [0.25, 0.3) is 0 Å². The minimum absolute atomic E-state index is 0.0724. The van der Waals surface area contributed by atoms with Gasteiger partial charge in [-0.25, -0.2) is 0 Å². The van der Waals surface area contributed by atoms with Gasteiger partial charge in [0.2, 0.25) is 0 Å². The Balaban J connectivity index is 4.32. The number of hydrogen-bond donors (Lipinski definition) is 0. The van der Waals surface area contributed by atoms with Crippen molar-refractivity contribution in [3.63, 3.8) is 0 Å². The molecule has 0 fully saturated rings. The topological polar surface area (TPSA) is 78.9 Å². The molecule has 404 valence electrons. The highest BCUT2D eigenvalue weighted by Crippen LogP contribution is 2.17. The number of allylic oxidation sites excluding steroid dienone is 6. The van der Waals surface area contributed by atoms with Gasteiger partial charge in [-0.1, -0.05) is 295 Å². The summed E-state index contributed by atoms with van der Waals surface area (Å²) in [7, 11) is 0. The third kappa shape index (κ3) is 56.4. The van der Waals surface area contributed by atoms with E-state index in [1.807, 2.05) is 0 Å². The van der Waals surface area contributed by atoms with E-state index < -0.39 is 6.10 Å². The summed E-state index contributed by atoms with van der Waals surface area (Å²) in [5.74, 6) is -0.862. The van der Waals surface area contributed by atoms with Crippen LogP contribution in [0.2, 0.25) is 0 Å². The Morgan fingerprint density at radius 3 is 0.884 bits per heavy atom. The van der Waals surface area contributed by atoms with Crippen molar-refractivity contribution < 1.29 is 28.6 Å². The Hall–Kier alpha value is -2.37. The highest BCUT2D eigenvalue weighted by atomic mass is 16.6. The van der Waals surface area contributed by atoms with Crippen LogP contribution in [0.5, 0.6) is 0 Å². The molecule has 1 atom stereocenters. The van der Waals surface area contributed by atoms with E-state index in [0.29, 0.717) is 19.3 Å². The molecule has 0 aromatic rings. The molecule has 1 unspecified atom stereocenters. The van der Waals surface area contributed by atoms with Crippen molar-refractivity contribution in [2.75, 3.05) is 13.2 Å². The normalized spacial score (nSPS) is 12.2. The minimum Gasteiger partial charge on any atom is -0.462 e. The summed E-state index contributed by atoms with van der Waals surface area (Å²) >= 11 is 0. The van der Waals surface area contributed by atoms with Crippen molar-refractivity contribution in [3.8, 4) is 0 Å². The van der Waals surface area contributed by atoms with E-state index >= 15 is 0 Å². The fraction of sp³-hybridized carbons (Fsp3) is 0.857. The predicted molar refractivity (Wildman–Crippen MR) is 298 cm³/mol. The van der Waals surface area contributed by atoms with Crippen LogP contribution in [-0.2, 0) is 28.6 Å². The first kappa shape index (κ1) is 66.6. The summed E-state index contributed by atoms with van der Waals surface area (Å²) in [4.78, 5) is 38.2. The number of carbonyl (C=O) groups excluding carboxylic acids is 3. The standard InChI is InChI=1S/C63H116O6/c1-4-7-10-13-16-19-22-25-28-31-32-33-36-38-41-44-47-50-53-56-62(65)68-59-60(69-63(66)57-54-51-48-45-42-39-35-30-27-24-21-18-15-12-9-6-3)58-67-61(64)55-52-49-46-43-40-37-34-29-26-23-20-17-14-11-8-5-2/h9,12,18,21,27,30,60H,4-8,10-11,13-17,19-20,22-26,28-29,31-59H2,1-3H3/b12-9-,21-18-,30-27-. The lowest BCUT2D eigenvalue weighted by atomic mass is 10.0. The average Bonchev–Trinajstić information content (AvgIpc) is 3.35. The molecule has 0 N–H and O–H groups in total. The van der Waals surface area contributed by atoms with Crippen LogP contribution in [0.15, 0.2) is 36.5 Å². The van der Waals surface area contributed by atoms with E-state index in [2.05, 4.69) is 57.2 Å². The van der Waals surface area contributed by atoms with Crippen molar-refractivity contribution in [3.05, 3.63) is 36.5 Å². The average molecular weight is 970 g/mol. The van der Waals surface area contributed by atoms with E-state index in [9.17, 15) is 14.4 Å². The molecule has 0 amide bonds. The van der Waals surface area contributed by atoms with Crippen LogP contribution in [0.4, 0.5) is 0 Å². The molecular weight excluding hydrogens is 853 g/mol. The Morgan fingerprint density at radius 1 is 0.304 bits per heavy atom. The van der Waals surface area contributed by atoms with E-state index in [-0.39, 0.29) is 31.1 Å². The van der Waals surface area contributed by atoms with Gasteiger partial charge < -0.3 is 14.2 Å². The van der Waals surface area contributed by atoms with Gasteiger partial charge in [-0.05, 0) is 51.4 Å². The molecule has 0 spiro atoms. The third-order valence-corrected chi connectivity index (χ3v) is 13.7. The second kappa shape index (κ2) is 58.2. The van der Waals surface area contributed by atoms with Crippen LogP contribution in [0.3, 0.4) is 0 Å². The zero-order chi connectivity index (χ0) is 50.0. The molecule has 69 heavy (non-hydrogen) atoms. The molecule has 0 aliphatic carbocycles. The Kier molecular flexibility index (Phi) is 56.2. The van der Waals surface area contributed by atoms with E-state index in [1.165, 1.54) is 205 Å². The van der Waals surface area contributed by atoms with Crippen LogP contribution in [0.25, 0.3) is 0 Å². The summed E-state index contributed by atoms with van der Waals surface area (Å²) < 4.78 is 16.9. The number of esters is 3. The van der Waals surface area contributed by atoms with Crippen LogP contribution >= 0.6 is 0 Å². The van der Waals surface area contributed by atoms with E-state index in [4.69, 9.17) is 14.2 Å². The first-order chi connectivity index (χ1) is 34.0. The van der Waals surface area contributed by atoms with Crippen molar-refractivity contribution in [2.24, 2.45) is 0 Å². The molecule has 0 saturated carbocycles. The maximum absolute atomic E-state index is 12.9. The molecule has 0 aliphatic heterocycles. The molecule has 0 bridgehead atoms. The van der Waals surface area contributed by atoms with Crippen molar-refractivity contribution in [1.82, 2.24) is 0 Å². The smallest absolute Gasteiger partial charge is 0.306 e. The fourth-order valence-corrected chi connectivity index (χ4v) is 9.11. The number of rotatable bonds is 56. The van der Waals surface area contributed by atoms with E-state index in [0.717, 1.165) is 83.5 Å². The van der Waals surface area contributed by atoms with E-state index in [1.54, 1.807) is 0 Å². The maximum atomic E-state index is 12.9. The summed E-state index contributed by atoms with van der Waals surface area (Å²) in [5.41, 5.74) is 0. The highest BCUT2D eigenvalue weighted by Gasteiger charge is 2.19. The summed E-state index contributed by atoms with van der Waals surface area (Å²) in [5, 5.41) is 0. The summed E-state index contributed by atoms with van der Waals surface area (Å²) in [6.45, 7) is 6.58. The molecule has 0 radical (unpaired) electrons. The molecular formula is C63H116O6. The molecule has 6 heteroatoms. The third-order valence-electron chi connectivity index (χ3n) is 13.7. The zero-order valence-corrected chi connectivity index (χ0v) is 46.3. The molecule has 6 nitrogen and oxygen atoms in total. The molecule has 0 saturated heterocycles. The first-order valence-electron chi connectivity index (χ1n) is 30.5. The largest absolute Gasteiger partial charge is 0.462 e. The maximum Gasteiger partial charge on any atom is 0.306 e. The van der Waals surface area contributed by atoms with Crippen LogP contribution < -0.4 is 0 Å². The molecule has 0 aromatic heterocycles. The van der Waals surface area contributed by atoms with Gasteiger partial charge in [0, 0.05) is 19.3 Å². The van der Waals surface area contributed by atoms with Crippen LogP contribution in [-0.4, -0.2) is 37.2 Å². The monoisotopic (exact) mass is 969 g/mol. The van der Waals surface area contributed by atoms with Gasteiger partial charge in [-0.2, -0.15) is 0 Å². The summed E-state index contributed by atoms with van der Waals surface area (Å²) in [6, 6.07) is 0.